The van der Waals surface area contributed by atoms with Gasteiger partial charge in [-0.25, -0.2) is 4.79 Å². The summed E-state index contributed by atoms with van der Waals surface area (Å²) in [5.41, 5.74) is 2.35. The van der Waals surface area contributed by atoms with Gasteiger partial charge in [-0.1, -0.05) is 53.7 Å². The first-order chi connectivity index (χ1) is 11.8. The summed E-state index contributed by atoms with van der Waals surface area (Å²) in [7, 11) is 0. The Morgan fingerprint density at radius 1 is 1.12 bits per heavy atom. The van der Waals surface area contributed by atoms with Crippen LogP contribution in [-0.2, 0) is 22.0 Å². The maximum atomic E-state index is 11.6. The Hall–Kier alpha value is -1.88. The number of phenolic OH excluding ortho intramolecular Hbond substituents is 1. The first kappa shape index (κ1) is 20.4. The molecule has 0 spiro atoms. The van der Waals surface area contributed by atoms with Crippen LogP contribution in [0.3, 0.4) is 0 Å². The Kier molecular flexibility index (Phi) is 5.26. The van der Waals surface area contributed by atoms with Crippen molar-refractivity contribution in [2.75, 3.05) is 0 Å². The molecule has 1 aliphatic heterocycles. The normalized spacial score (nSPS) is 20.5. The minimum absolute atomic E-state index is 0.200. The number of hydrogen-bond acceptors (Lipinski definition) is 4. The second-order valence-electron chi connectivity index (χ2n) is 8.97. The number of rotatable bonds is 3. The van der Waals surface area contributed by atoms with E-state index < -0.39 is 10.8 Å². The van der Waals surface area contributed by atoms with Crippen molar-refractivity contribution >= 4 is 18.6 Å². The predicted octanol–water partition coefficient (Wildman–Crippen LogP) is 4.28. The molecule has 142 valence electrons. The monoisotopic (exact) mass is 375 g/mol. The molecule has 1 aromatic rings. The SMILES string of the molecule is CC(C)(C)c1cc(CC2(S)NC=CC=C2C(=O)O)cc(C(C)(C)C)c1O. The fraction of sp³-hybridized carbons (Fsp3) is 0.476. The molecule has 1 atom stereocenters. The van der Waals surface area contributed by atoms with Crippen molar-refractivity contribution in [2.45, 2.75) is 63.7 Å². The molecule has 0 aliphatic carbocycles. The summed E-state index contributed by atoms with van der Waals surface area (Å²) in [6, 6.07) is 3.92. The van der Waals surface area contributed by atoms with Gasteiger partial charge in [0.1, 0.15) is 10.6 Å². The van der Waals surface area contributed by atoms with Crippen molar-refractivity contribution in [1.29, 1.82) is 0 Å². The molecule has 0 bridgehead atoms. The minimum Gasteiger partial charge on any atom is -0.507 e. The number of carbonyl (C=O) groups is 1. The van der Waals surface area contributed by atoms with Gasteiger partial charge in [0.15, 0.2) is 0 Å². The number of phenols is 1. The lowest BCUT2D eigenvalue weighted by atomic mass is 9.77. The zero-order valence-electron chi connectivity index (χ0n) is 16.3. The zero-order valence-corrected chi connectivity index (χ0v) is 17.2. The first-order valence-corrected chi connectivity index (χ1v) is 9.18. The summed E-state index contributed by atoms with van der Waals surface area (Å²) < 4.78 is 0. The van der Waals surface area contributed by atoms with Crippen LogP contribution < -0.4 is 5.32 Å². The molecule has 0 saturated heterocycles. The number of nitrogens with one attached hydrogen (secondary N) is 1. The molecule has 3 N–H and O–H groups in total. The van der Waals surface area contributed by atoms with E-state index in [9.17, 15) is 15.0 Å². The van der Waals surface area contributed by atoms with Gasteiger partial charge in [-0.05, 0) is 45.9 Å². The lowest BCUT2D eigenvalue weighted by Gasteiger charge is -2.34. The van der Waals surface area contributed by atoms with Crippen molar-refractivity contribution in [3.8, 4) is 5.75 Å². The Bertz CT molecular complexity index is 746. The van der Waals surface area contributed by atoms with Crippen LogP contribution in [0.5, 0.6) is 5.75 Å². The summed E-state index contributed by atoms with van der Waals surface area (Å²) in [6.07, 6.45) is 5.32. The van der Waals surface area contributed by atoms with E-state index in [0.717, 1.165) is 16.7 Å². The molecule has 5 heteroatoms. The lowest BCUT2D eigenvalue weighted by molar-refractivity contribution is -0.133. The van der Waals surface area contributed by atoms with E-state index in [2.05, 4.69) is 59.5 Å². The average Bonchev–Trinajstić information content (AvgIpc) is 2.46. The van der Waals surface area contributed by atoms with Crippen LogP contribution in [-0.4, -0.2) is 21.1 Å². The van der Waals surface area contributed by atoms with Gasteiger partial charge in [-0.15, -0.1) is 12.6 Å². The summed E-state index contributed by atoms with van der Waals surface area (Å²) in [5, 5.41) is 23.5. The molecule has 1 unspecified atom stereocenters. The average molecular weight is 376 g/mol. The molecular formula is C21H29NO3S. The van der Waals surface area contributed by atoms with Crippen LogP contribution in [0.2, 0.25) is 0 Å². The molecular weight excluding hydrogens is 346 g/mol. The van der Waals surface area contributed by atoms with Gasteiger partial charge >= 0.3 is 5.97 Å². The highest BCUT2D eigenvalue weighted by Gasteiger charge is 2.36. The molecule has 1 heterocycles. The highest BCUT2D eigenvalue weighted by molar-refractivity contribution is 7.82. The van der Waals surface area contributed by atoms with Crippen molar-refractivity contribution < 1.29 is 15.0 Å². The number of thiol groups is 1. The molecule has 26 heavy (non-hydrogen) atoms. The third-order valence-corrected chi connectivity index (χ3v) is 5.13. The molecule has 0 fully saturated rings. The third-order valence-electron chi connectivity index (χ3n) is 4.60. The molecule has 1 aliphatic rings. The number of carboxylic acids is 1. The summed E-state index contributed by atoms with van der Waals surface area (Å²) >= 11 is 4.66. The summed E-state index contributed by atoms with van der Waals surface area (Å²) in [5.74, 6) is -0.685. The summed E-state index contributed by atoms with van der Waals surface area (Å²) in [6.45, 7) is 12.3. The molecule has 2 rings (SSSR count). The van der Waals surface area contributed by atoms with Crippen molar-refractivity contribution in [3.05, 3.63) is 52.7 Å². The van der Waals surface area contributed by atoms with E-state index in [1.807, 2.05) is 12.1 Å². The fourth-order valence-electron chi connectivity index (χ4n) is 3.18. The van der Waals surface area contributed by atoms with Gasteiger partial charge in [0.25, 0.3) is 0 Å². The second kappa shape index (κ2) is 6.69. The molecule has 0 radical (unpaired) electrons. The Morgan fingerprint density at radius 3 is 2.04 bits per heavy atom. The Morgan fingerprint density at radius 2 is 1.62 bits per heavy atom. The highest BCUT2D eigenvalue weighted by atomic mass is 32.1. The maximum Gasteiger partial charge on any atom is 0.334 e. The van der Waals surface area contributed by atoms with Crippen molar-refractivity contribution in [2.24, 2.45) is 0 Å². The van der Waals surface area contributed by atoms with E-state index >= 15 is 0 Å². The standard InChI is InChI=1S/C21H29NO3S/c1-19(2,3)15-10-13(11-16(17(15)23)20(4,5)6)12-21(26)14(18(24)25)8-7-9-22-21/h7-11,22-23,26H,12H2,1-6H3,(H,24,25). The first-order valence-electron chi connectivity index (χ1n) is 8.73. The Labute approximate surface area is 161 Å². The lowest BCUT2D eigenvalue weighted by Crippen LogP contribution is -2.44. The number of aromatic hydroxyl groups is 1. The minimum atomic E-state index is -1.01. The van der Waals surface area contributed by atoms with Gasteiger partial charge in [0.2, 0.25) is 0 Å². The number of hydrogen-bond donors (Lipinski definition) is 4. The van der Waals surface area contributed by atoms with Gasteiger partial charge in [0.05, 0.1) is 5.57 Å². The van der Waals surface area contributed by atoms with E-state index in [4.69, 9.17) is 0 Å². The van der Waals surface area contributed by atoms with E-state index in [0.29, 0.717) is 12.2 Å². The van der Waals surface area contributed by atoms with Gasteiger partial charge in [0, 0.05) is 6.42 Å². The quantitative estimate of drug-likeness (QED) is 0.595. The van der Waals surface area contributed by atoms with Crippen LogP contribution >= 0.6 is 12.6 Å². The molecule has 1 aromatic carbocycles. The zero-order chi connectivity index (χ0) is 19.9. The Balaban J connectivity index is 2.58. The van der Waals surface area contributed by atoms with Gasteiger partial charge in [-0.3, -0.25) is 0 Å². The van der Waals surface area contributed by atoms with E-state index in [1.54, 1.807) is 18.4 Å². The van der Waals surface area contributed by atoms with Gasteiger partial charge < -0.3 is 15.5 Å². The van der Waals surface area contributed by atoms with Crippen molar-refractivity contribution in [1.82, 2.24) is 5.32 Å². The third kappa shape index (κ3) is 4.09. The van der Waals surface area contributed by atoms with Crippen LogP contribution in [0.1, 0.15) is 58.2 Å². The number of carboxylic acid groups (broad SMARTS) is 1. The van der Waals surface area contributed by atoms with Crippen molar-refractivity contribution in [3.63, 3.8) is 0 Å². The molecule has 4 nitrogen and oxygen atoms in total. The topological polar surface area (TPSA) is 69.6 Å². The number of benzene rings is 1. The van der Waals surface area contributed by atoms with E-state index in [1.165, 1.54) is 0 Å². The van der Waals surface area contributed by atoms with Crippen LogP contribution in [0.25, 0.3) is 0 Å². The van der Waals surface area contributed by atoms with Gasteiger partial charge in [-0.2, -0.15) is 0 Å². The number of allylic oxidation sites excluding steroid dienone is 2. The second-order valence-corrected chi connectivity index (χ2v) is 9.73. The van der Waals surface area contributed by atoms with Crippen LogP contribution in [0.15, 0.2) is 36.1 Å². The van der Waals surface area contributed by atoms with Crippen LogP contribution in [0, 0.1) is 0 Å². The maximum absolute atomic E-state index is 11.6. The molecule has 0 saturated carbocycles. The smallest absolute Gasteiger partial charge is 0.334 e. The number of dihydropyridines is 1. The van der Waals surface area contributed by atoms with E-state index in [-0.39, 0.29) is 16.4 Å². The number of aliphatic carboxylic acids is 1. The predicted molar refractivity (Wildman–Crippen MR) is 109 cm³/mol. The van der Waals surface area contributed by atoms with Crippen LogP contribution in [0.4, 0.5) is 0 Å². The largest absolute Gasteiger partial charge is 0.507 e. The highest BCUT2D eigenvalue weighted by Crippen LogP contribution is 2.41. The molecule has 0 amide bonds. The molecule has 0 aromatic heterocycles. The fourth-order valence-corrected chi connectivity index (χ4v) is 3.60. The summed E-state index contributed by atoms with van der Waals surface area (Å²) in [4.78, 5) is 10.6.